The number of carbonyl (C=O) groups is 1. The van der Waals surface area contributed by atoms with Gasteiger partial charge in [0.05, 0.1) is 16.7 Å². The molecule has 162 valence electrons. The zero-order valence-electron chi connectivity index (χ0n) is 18.6. The van der Waals surface area contributed by atoms with Gasteiger partial charge in [-0.3, -0.25) is 14.8 Å². The van der Waals surface area contributed by atoms with E-state index < -0.39 is 0 Å². The molecule has 0 unspecified atom stereocenters. The summed E-state index contributed by atoms with van der Waals surface area (Å²) in [4.78, 5) is 22.6. The quantitative estimate of drug-likeness (QED) is 0.391. The molecule has 2 aliphatic rings. The van der Waals surface area contributed by atoms with E-state index in [9.17, 15) is 4.79 Å². The first-order valence-electron chi connectivity index (χ1n) is 11.5. The Morgan fingerprint density at radius 1 is 0.909 bits per heavy atom. The van der Waals surface area contributed by atoms with Crippen molar-refractivity contribution in [3.8, 4) is 11.3 Å². The first-order valence-corrected chi connectivity index (χ1v) is 11.5. The number of hydrogen-bond acceptors (Lipinski definition) is 4. The zero-order valence-corrected chi connectivity index (χ0v) is 18.6. The molecule has 0 bridgehead atoms. The molecule has 6 rings (SSSR count). The molecule has 0 spiro atoms. The minimum absolute atomic E-state index is 0.0724. The minimum Gasteiger partial charge on any atom is -0.267 e. The average Bonchev–Trinajstić information content (AvgIpc) is 3.24. The lowest BCUT2D eigenvalue weighted by Gasteiger charge is -2.21. The van der Waals surface area contributed by atoms with Crippen molar-refractivity contribution < 1.29 is 4.79 Å². The normalized spacial score (nSPS) is 16.2. The third-order valence-corrected chi connectivity index (χ3v) is 6.66. The van der Waals surface area contributed by atoms with Crippen LogP contribution in [0.5, 0.6) is 0 Å². The average molecular weight is 433 g/mol. The molecule has 1 aliphatic carbocycles. The summed E-state index contributed by atoms with van der Waals surface area (Å²) in [6.45, 7) is 2.06. The topological polar surface area (TPSA) is 60.7 Å². The number of allylic oxidation sites excluding steroid dienone is 4. The Labute approximate surface area is 192 Å². The van der Waals surface area contributed by atoms with Gasteiger partial charge in [0.25, 0.3) is 5.91 Å². The van der Waals surface area contributed by atoms with Gasteiger partial charge in [-0.25, -0.2) is 0 Å². The van der Waals surface area contributed by atoms with E-state index in [1.54, 1.807) is 17.1 Å². The van der Waals surface area contributed by atoms with E-state index in [1.165, 1.54) is 18.4 Å². The van der Waals surface area contributed by atoms with E-state index in [1.807, 2.05) is 36.4 Å². The molecule has 5 heteroatoms. The molecule has 33 heavy (non-hydrogen) atoms. The molecule has 0 atom stereocenters. The van der Waals surface area contributed by atoms with E-state index in [0.717, 1.165) is 57.5 Å². The summed E-state index contributed by atoms with van der Waals surface area (Å²) in [5.74, 6) is -0.0724. The number of nitrogens with zero attached hydrogens (tertiary/aromatic N) is 4. The van der Waals surface area contributed by atoms with Crippen LogP contribution < -0.4 is 0 Å². The molecule has 0 saturated carbocycles. The molecular weight excluding hydrogens is 408 g/mol. The molecule has 3 heterocycles. The van der Waals surface area contributed by atoms with E-state index in [2.05, 4.69) is 35.1 Å². The number of carbonyl (C=O) groups excluding carboxylic acids is 1. The van der Waals surface area contributed by atoms with E-state index in [4.69, 9.17) is 5.10 Å². The van der Waals surface area contributed by atoms with Crippen LogP contribution in [0.1, 0.15) is 54.2 Å². The van der Waals surface area contributed by atoms with Gasteiger partial charge in [-0.05, 0) is 55.9 Å². The number of benzene rings is 2. The predicted molar refractivity (Wildman–Crippen MR) is 131 cm³/mol. The fourth-order valence-electron chi connectivity index (χ4n) is 5.10. The van der Waals surface area contributed by atoms with Crippen molar-refractivity contribution in [2.45, 2.75) is 39.0 Å². The lowest BCUT2D eigenvalue weighted by molar-refractivity contribution is 0.0958. The number of fused-ring (bicyclic) bond motifs is 2. The van der Waals surface area contributed by atoms with Crippen molar-refractivity contribution >= 4 is 28.1 Å². The molecule has 5 nitrogen and oxygen atoms in total. The van der Waals surface area contributed by atoms with Gasteiger partial charge >= 0.3 is 0 Å². The van der Waals surface area contributed by atoms with Gasteiger partial charge in [0.1, 0.15) is 5.69 Å². The Hall–Kier alpha value is -3.86. The summed E-state index contributed by atoms with van der Waals surface area (Å²) in [7, 11) is 0. The summed E-state index contributed by atoms with van der Waals surface area (Å²) in [5.41, 5.74) is 9.69. The fourth-order valence-corrected chi connectivity index (χ4v) is 5.10. The molecule has 0 N–H and O–H groups in total. The van der Waals surface area contributed by atoms with Gasteiger partial charge in [-0.1, -0.05) is 48.0 Å². The third-order valence-electron chi connectivity index (χ3n) is 6.66. The van der Waals surface area contributed by atoms with Crippen LogP contribution in [0.4, 0.5) is 0 Å². The van der Waals surface area contributed by atoms with Crippen molar-refractivity contribution in [2.24, 2.45) is 0 Å². The van der Waals surface area contributed by atoms with Crippen molar-refractivity contribution in [3.05, 3.63) is 89.4 Å². The highest BCUT2D eigenvalue weighted by Crippen LogP contribution is 2.40. The first kappa shape index (κ1) is 19.8. The van der Waals surface area contributed by atoms with E-state index in [0.29, 0.717) is 12.0 Å². The molecule has 1 aliphatic heterocycles. The fraction of sp³-hybridized carbons (Fsp3) is 0.214. The molecular formula is C28H24N4O. The van der Waals surface area contributed by atoms with Crippen LogP contribution in [0, 0.1) is 0 Å². The van der Waals surface area contributed by atoms with Crippen molar-refractivity contribution in [2.75, 3.05) is 0 Å². The summed E-state index contributed by atoms with van der Waals surface area (Å²) in [6, 6.07) is 16.1. The SMILES string of the molecule is CC1=C(c2ccc3nccnc3c2)C(=O)n2nc(-c3ccccc3)c(C3=CCCCC3)c2C1. The summed E-state index contributed by atoms with van der Waals surface area (Å²) in [6.07, 6.45) is 10.9. The second-order valence-corrected chi connectivity index (χ2v) is 8.82. The first-order chi connectivity index (χ1) is 16.2. The number of aromatic nitrogens is 4. The lowest BCUT2D eigenvalue weighted by atomic mass is 9.87. The second kappa shape index (κ2) is 7.93. The Morgan fingerprint density at radius 3 is 2.52 bits per heavy atom. The van der Waals surface area contributed by atoms with Gasteiger partial charge in [0, 0.05) is 35.5 Å². The van der Waals surface area contributed by atoms with Crippen LogP contribution >= 0.6 is 0 Å². The van der Waals surface area contributed by atoms with Crippen LogP contribution in [-0.4, -0.2) is 25.7 Å². The van der Waals surface area contributed by atoms with Crippen LogP contribution in [0.2, 0.25) is 0 Å². The molecule has 4 aromatic rings. The lowest BCUT2D eigenvalue weighted by Crippen LogP contribution is -2.23. The molecule has 0 amide bonds. The third kappa shape index (κ3) is 3.32. The smallest absolute Gasteiger partial charge is 0.267 e. The summed E-state index contributed by atoms with van der Waals surface area (Å²) < 4.78 is 1.65. The highest BCUT2D eigenvalue weighted by molar-refractivity contribution is 6.23. The molecule has 2 aromatic heterocycles. The Bertz CT molecular complexity index is 1460. The zero-order chi connectivity index (χ0) is 22.4. The van der Waals surface area contributed by atoms with Gasteiger partial charge in [-0.15, -0.1) is 0 Å². The Morgan fingerprint density at radius 2 is 1.73 bits per heavy atom. The Balaban J connectivity index is 1.52. The standard InChI is InChI=1S/C28H24N4O/c1-18-16-24-26(19-8-4-2-5-9-19)27(20-10-6-3-7-11-20)31-32(24)28(33)25(18)21-12-13-22-23(17-21)30-15-14-29-22/h3,6-8,10-15,17H,2,4-5,9,16H2,1H3. The predicted octanol–water partition coefficient (Wildman–Crippen LogP) is 6.12. The van der Waals surface area contributed by atoms with Gasteiger partial charge in [0.2, 0.25) is 0 Å². The van der Waals surface area contributed by atoms with Crippen LogP contribution in [0.3, 0.4) is 0 Å². The maximum absolute atomic E-state index is 13.8. The molecule has 0 radical (unpaired) electrons. The number of rotatable bonds is 3. The van der Waals surface area contributed by atoms with Crippen molar-refractivity contribution in [1.29, 1.82) is 0 Å². The Kier molecular flexibility index (Phi) is 4.75. The minimum atomic E-state index is -0.0724. The van der Waals surface area contributed by atoms with Gasteiger partial charge in [-0.2, -0.15) is 9.78 Å². The number of hydrogen-bond donors (Lipinski definition) is 0. The van der Waals surface area contributed by atoms with Gasteiger partial charge < -0.3 is 0 Å². The van der Waals surface area contributed by atoms with Crippen LogP contribution in [0.25, 0.3) is 33.4 Å². The summed E-state index contributed by atoms with van der Waals surface area (Å²) >= 11 is 0. The highest BCUT2D eigenvalue weighted by Gasteiger charge is 2.32. The second-order valence-electron chi connectivity index (χ2n) is 8.82. The molecule has 0 fully saturated rings. The molecule has 2 aromatic carbocycles. The summed E-state index contributed by atoms with van der Waals surface area (Å²) in [5, 5.41) is 4.91. The van der Waals surface area contributed by atoms with Gasteiger partial charge in [0.15, 0.2) is 0 Å². The van der Waals surface area contributed by atoms with E-state index in [-0.39, 0.29) is 5.91 Å². The molecule has 0 saturated heterocycles. The van der Waals surface area contributed by atoms with Crippen LogP contribution in [-0.2, 0) is 6.42 Å². The van der Waals surface area contributed by atoms with Crippen molar-refractivity contribution in [1.82, 2.24) is 19.7 Å². The maximum Gasteiger partial charge on any atom is 0.279 e. The highest BCUT2D eigenvalue weighted by atomic mass is 16.2. The maximum atomic E-state index is 13.8. The van der Waals surface area contributed by atoms with E-state index >= 15 is 0 Å². The largest absolute Gasteiger partial charge is 0.279 e. The monoisotopic (exact) mass is 432 g/mol. The van der Waals surface area contributed by atoms with Crippen LogP contribution in [0.15, 0.2) is 72.6 Å². The van der Waals surface area contributed by atoms with Crippen molar-refractivity contribution in [3.63, 3.8) is 0 Å².